The van der Waals surface area contributed by atoms with Gasteiger partial charge in [-0.15, -0.1) is 0 Å². The molecule has 1 aromatic heterocycles. The molecule has 0 fully saturated rings. The summed E-state index contributed by atoms with van der Waals surface area (Å²) in [5.74, 6) is 1.20. The molecule has 0 amide bonds. The van der Waals surface area contributed by atoms with Gasteiger partial charge in [-0.2, -0.15) is 4.98 Å². The van der Waals surface area contributed by atoms with Crippen molar-refractivity contribution in [2.24, 2.45) is 0 Å². The summed E-state index contributed by atoms with van der Waals surface area (Å²) in [6.07, 6.45) is 5.13. The first kappa shape index (κ1) is 5.77. The van der Waals surface area contributed by atoms with Crippen LogP contribution in [0.3, 0.4) is 0 Å². The first-order chi connectivity index (χ1) is 4.86. The van der Waals surface area contributed by atoms with Crippen LogP contribution >= 0.6 is 0 Å². The molecule has 0 saturated carbocycles. The third-order valence-corrected chi connectivity index (χ3v) is 1.90. The van der Waals surface area contributed by atoms with Crippen LogP contribution in [0.2, 0.25) is 0 Å². The zero-order valence-electron chi connectivity index (χ0n) is 5.75. The first-order valence-corrected chi connectivity index (χ1v) is 3.61. The number of imidazole rings is 1. The van der Waals surface area contributed by atoms with E-state index in [1.165, 1.54) is 12.8 Å². The fraction of sp³-hybridized carbons (Fsp3) is 0.571. The van der Waals surface area contributed by atoms with E-state index in [0.29, 0.717) is 0 Å². The molecule has 0 unspecified atom stereocenters. The van der Waals surface area contributed by atoms with Crippen LogP contribution in [0.5, 0.6) is 5.88 Å². The molecule has 54 valence electrons. The summed E-state index contributed by atoms with van der Waals surface area (Å²) < 4.78 is 2.03. The maximum atomic E-state index is 8.99. The van der Waals surface area contributed by atoms with E-state index in [9.17, 15) is 0 Å². The number of rotatable bonds is 0. The Hall–Kier alpha value is -0.990. The van der Waals surface area contributed by atoms with Gasteiger partial charge in [-0.05, 0) is 12.8 Å². The number of aromatic nitrogens is 2. The number of hydrogen-bond donors (Lipinski definition) is 1. The molecule has 0 spiro atoms. The number of hydrogen-bond acceptors (Lipinski definition) is 2. The van der Waals surface area contributed by atoms with Crippen molar-refractivity contribution in [1.29, 1.82) is 0 Å². The quantitative estimate of drug-likeness (QED) is 0.579. The Morgan fingerprint density at radius 2 is 2.40 bits per heavy atom. The van der Waals surface area contributed by atoms with Gasteiger partial charge in [0.2, 0.25) is 5.88 Å². The van der Waals surface area contributed by atoms with Gasteiger partial charge in [0, 0.05) is 13.0 Å². The van der Waals surface area contributed by atoms with E-state index in [1.807, 2.05) is 4.57 Å². The largest absolute Gasteiger partial charge is 0.492 e. The van der Waals surface area contributed by atoms with Gasteiger partial charge in [0.15, 0.2) is 0 Å². The lowest BCUT2D eigenvalue weighted by molar-refractivity contribution is 0.455. The van der Waals surface area contributed by atoms with Gasteiger partial charge in [-0.3, -0.25) is 0 Å². The van der Waals surface area contributed by atoms with E-state index < -0.39 is 0 Å². The minimum Gasteiger partial charge on any atom is -0.492 e. The van der Waals surface area contributed by atoms with E-state index in [4.69, 9.17) is 5.11 Å². The maximum absolute atomic E-state index is 8.99. The van der Waals surface area contributed by atoms with Crippen LogP contribution in [0.1, 0.15) is 18.7 Å². The summed E-state index contributed by atoms with van der Waals surface area (Å²) in [6.45, 7) is 1.02. The first-order valence-electron chi connectivity index (χ1n) is 3.61. The molecule has 0 radical (unpaired) electrons. The van der Waals surface area contributed by atoms with Crippen molar-refractivity contribution in [2.45, 2.75) is 25.8 Å². The van der Waals surface area contributed by atoms with E-state index in [0.717, 1.165) is 18.8 Å². The van der Waals surface area contributed by atoms with Gasteiger partial charge < -0.3 is 9.67 Å². The van der Waals surface area contributed by atoms with Crippen LogP contribution in [-0.2, 0) is 13.0 Å². The fourth-order valence-corrected chi connectivity index (χ4v) is 1.40. The summed E-state index contributed by atoms with van der Waals surface area (Å²) in [7, 11) is 0. The van der Waals surface area contributed by atoms with Crippen molar-refractivity contribution in [3.63, 3.8) is 0 Å². The van der Waals surface area contributed by atoms with Crippen LogP contribution in [0, 0.1) is 0 Å². The third-order valence-electron chi connectivity index (χ3n) is 1.90. The Bertz CT molecular complexity index is 218. The lowest BCUT2D eigenvalue weighted by Gasteiger charge is -2.11. The standard InChI is InChI=1S/C7H10N2O/c10-7-5-9-4-2-1-3-6(9)8-7/h5,10H,1-4H2. The van der Waals surface area contributed by atoms with Crippen molar-refractivity contribution in [3.05, 3.63) is 12.0 Å². The number of aryl methyl sites for hydroxylation is 2. The molecular weight excluding hydrogens is 128 g/mol. The Kier molecular flexibility index (Phi) is 1.16. The highest BCUT2D eigenvalue weighted by Crippen LogP contribution is 2.16. The summed E-state index contributed by atoms with van der Waals surface area (Å²) in [6, 6.07) is 0. The molecule has 2 heterocycles. The zero-order valence-corrected chi connectivity index (χ0v) is 5.75. The van der Waals surface area contributed by atoms with Gasteiger partial charge in [0.25, 0.3) is 0 Å². The van der Waals surface area contributed by atoms with Gasteiger partial charge in [0.1, 0.15) is 5.82 Å². The smallest absolute Gasteiger partial charge is 0.229 e. The van der Waals surface area contributed by atoms with Gasteiger partial charge >= 0.3 is 0 Å². The van der Waals surface area contributed by atoms with Crippen molar-refractivity contribution in [1.82, 2.24) is 9.55 Å². The second kappa shape index (κ2) is 2.01. The molecule has 2 rings (SSSR count). The molecule has 1 aromatic rings. The lowest BCUT2D eigenvalue weighted by Crippen LogP contribution is -2.08. The van der Waals surface area contributed by atoms with Crippen molar-refractivity contribution in [3.8, 4) is 5.88 Å². The molecule has 0 aromatic carbocycles. The van der Waals surface area contributed by atoms with Crippen molar-refractivity contribution >= 4 is 0 Å². The van der Waals surface area contributed by atoms with Crippen LogP contribution in [0.15, 0.2) is 6.20 Å². The Morgan fingerprint density at radius 3 is 3.20 bits per heavy atom. The lowest BCUT2D eigenvalue weighted by atomic mass is 10.2. The number of aromatic hydroxyl groups is 1. The number of fused-ring (bicyclic) bond motifs is 1. The molecule has 0 aliphatic carbocycles. The molecular formula is C7H10N2O. The van der Waals surface area contributed by atoms with Crippen molar-refractivity contribution in [2.75, 3.05) is 0 Å². The van der Waals surface area contributed by atoms with Crippen LogP contribution in [0.4, 0.5) is 0 Å². The summed E-state index contributed by atoms with van der Waals surface area (Å²) in [4.78, 5) is 3.97. The zero-order chi connectivity index (χ0) is 6.97. The Balaban J connectivity index is 2.41. The van der Waals surface area contributed by atoms with E-state index >= 15 is 0 Å². The van der Waals surface area contributed by atoms with Gasteiger partial charge in [0.05, 0.1) is 6.20 Å². The Morgan fingerprint density at radius 1 is 1.50 bits per heavy atom. The monoisotopic (exact) mass is 138 g/mol. The average molecular weight is 138 g/mol. The molecule has 3 heteroatoms. The van der Waals surface area contributed by atoms with E-state index in [1.54, 1.807) is 6.20 Å². The average Bonchev–Trinajstić information content (AvgIpc) is 2.27. The summed E-state index contributed by atoms with van der Waals surface area (Å²) in [5.41, 5.74) is 0. The van der Waals surface area contributed by atoms with Gasteiger partial charge in [-0.1, -0.05) is 0 Å². The molecule has 0 atom stereocenters. The normalized spacial score (nSPS) is 16.8. The summed E-state index contributed by atoms with van der Waals surface area (Å²) in [5, 5.41) is 8.99. The predicted octanol–water partition coefficient (Wildman–Crippen LogP) is 0.925. The summed E-state index contributed by atoms with van der Waals surface area (Å²) >= 11 is 0. The molecule has 0 saturated heterocycles. The van der Waals surface area contributed by atoms with E-state index in [-0.39, 0.29) is 5.88 Å². The highest BCUT2D eigenvalue weighted by atomic mass is 16.3. The van der Waals surface area contributed by atoms with Crippen molar-refractivity contribution < 1.29 is 5.11 Å². The molecule has 1 N–H and O–H groups in total. The van der Waals surface area contributed by atoms with Crippen LogP contribution < -0.4 is 0 Å². The van der Waals surface area contributed by atoms with Gasteiger partial charge in [-0.25, -0.2) is 0 Å². The molecule has 1 aliphatic heterocycles. The van der Waals surface area contributed by atoms with E-state index in [2.05, 4.69) is 4.98 Å². The highest BCUT2D eigenvalue weighted by Gasteiger charge is 2.10. The van der Waals surface area contributed by atoms with Crippen LogP contribution in [0.25, 0.3) is 0 Å². The second-order valence-corrected chi connectivity index (χ2v) is 2.67. The number of nitrogens with zero attached hydrogens (tertiary/aromatic N) is 2. The molecule has 0 bridgehead atoms. The Labute approximate surface area is 59.3 Å². The highest BCUT2D eigenvalue weighted by molar-refractivity contribution is 5.09. The topological polar surface area (TPSA) is 38.0 Å². The predicted molar refractivity (Wildman–Crippen MR) is 36.8 cm³/mol. The van der Waals surface area contributed by atoms with Crippen LogP contribution in [-0.4, -0.2) is 14.7 Å². The second-order valence-electron chi connectivity index (χ2n) is 2.67. The SMILES string of the molecule is Oc1cn2c(n1)CCCC2. The fourth-order valence-electron chi connectivity index (χ4n) is 1.40. The maximum Gasteiger partial charge on any atom is 0.229 e. The molecule has 10 heavy (non-hydrogen) atoms. The minimum atomic E-state index is 0.164. The molecule has 3 nitrogen and oxygen atoms in total. The molecule has 1 aliphatic rings. The third kappa shape index (κ3) is 0.781. The minimum absolute atomic E-state index is 0.164.